The summed E-state index contributed by atoms with van der Waals surface area (Å²) < 4.78 is 1.06. The highest BCUT2D eigenvalue weighted by atomic mass is 32.1. The van der Waals surface area contributed by atoms with Gasteiger partial charge in [0.05, 0.1) is 5.39 Å². The van der Waals surface area contributed by atoms with Crippen LogP contribution in [0.4, 0.5) is 0 Å². The normalized spacial score (nSPS) is 18.4. The van der Waals surface area contributed by atoms with Gasteiger partial charge in [0.25, 0.3) is 5.56 Å². The Labute approximate surface area is 132 Å². The molecule has 0 saturated carbocycles. The minimum Gasteiger partial charge on any atom is -0.368 e. The van der Waals surface area contributed by atoms with E-state index in [9.17, 15) is 9.59 Å². The van der Waals surface area contributed by atoms with Gasteiger partial charge >= 0.3 is 0 Å². The smallest absolute Gasteiger partial charge is 0.279 e. The maximum Gasteiger partial charge on any atom is 0.279 e. The number of carbonyl (C=O) groups is 1. The highest BCUT2D eigenvalue weighted by molar-refractivity contribution is 7.18. The predicted molar refractivity (Wildman–Crippen MR) is 85.8 cm³/mol. The Balaban J connectivity index is 2.08. The number of thiophene rings is 1. The fourth-order valence-corrected chi connectivity index (χ4v) is 4.35. The zero-order valence-corrected chi connectivity index (χ0v) is 13.9. The number of primary amides is 1. The van der Waals surface area contributed by atoms with E-state index in [4.69, 9.17) is 5.73 Å². The van der Waals surface area contributed by atoms with E-state index >= 15 is 0 Å². The van der Waals surface area contributed by atoms with Crippen LogP contribution in [0.15, 0.2) is 4.79 Å². The second-order valence-electron chi connectivity index (χ2n) is 7.01. The van der Waals surface area contributed by atoms with Crippen LogP contribution in [0.25, 0.3) is 10.2 Å². The first-order valence-corrected chi connectivity index (χ1v) is 8.25. The van der Waals surface area contributed by atoms with Crippen molar-refractivity contribution in [3.8, 4) is 0 Å². The van der Waals surface area contributed by atoms with Crippen molar-refractivity contribution in [3.05, 3.63) is 20.8 Å². The van der Waals surface area contributed by atoms with Crippen LogP contribution in [0.2, 0.25) is 0 Å². The van der Waals surface area contributed by atoms with Gasteiger partial charge in [-0.3, -0.25) is 9.59 Å². The Morgan fingerprint density at radius 3 is 2.82 bits per heavy atom. The lowest BCUT2D eigenvalue weighted by Crippen LogP contribution is -2.31. The second-order valence-corrected chi connectivity index (χ2v) is 8.09. The van der Waals surface area contributed by atoms with Crippen LogP contribution in [0.1, 0.15) is 37.6 Å². The number of carbonyl (C=O) groups excluding carboxylic acids is 1. The lowest BCUT2D eigenvalue weighted by atomic mass is 9.72. The number of hydrogen-bond acceptors (Lipinski definition) is 5. The number of nitrogens with zero attached hydrogens (tertiary/aromatic N) is 3. The molecule has 2 N–H and O–H groups in total. The molecule has 0 fully saturated rings. The summed E-state index contributed by atoms with van der Waals surface area (Å²) in [5.41, 5.74) is 6.25. The Bertz CT molecular complexity index is 800. The Morgan fingerprint density at radius 2 is 2.18 bits per heavy atom. The Hall–Kier alpha value is -1.76. The number of amides is 1. The van der Waals surface area contributed by atoms with Crippen molar-refractivity contribution in [1.29, 1.82) is 0 Å². The summed E-state index contributed by atoms with van der Waals surface area (Å²) >= 11 is 1.56. The molecule has 2 heterocycles. The zero-order chi connectivity index (χ0) is 16.1. The van der Waals surface area contributed by atoms with Crippen molar-refractivity contribution in [3.63, 3.8) is 0 Å². The van der Waals surface area contributed by atoms with Crippen LogP contribution < -0.4 is 11.3 Å². The molecule has 0 radical (unpaired) electrons. The molecule has 2 aromatic rings. The van der Waals surface area contributed by atoms with E-state index in [1.165, 1.54) is 4.88 Å². The van der Waals surface area contributed by atoms with E-state index in [1.807, 2.05) is 0 Å². The van der Waals surface area contributed by atoms with Gasteiger partial charge in [0, 0.05) is 4.88 Å². The summed E-state index contributed by atoms with van der Waals surface area (Å²) in [5, 5.41) is 8.56. The van der Waals surface area contributed by atoms with Gasteiger partial charge in [-0.2, -0.15) is 0 Å². The van der Waals surface area contributed by atoms with Crippen molar-refractivity contribution in [1.82, 2.24) is 15.0 Å². The quantitative estimate of drug-likeness (QED) is 0.907. The fraction of sp³-hybridized carbons (Fsp3) is 0.600. The molecule has 0 aliphatic heterocycles. The van der Waals surface area contributed by atoms with Crippen LogP contribution in [0.3, 0.4) is 0 Å². The molecule has 1 aliphatic carbocycles. The molecule has 0 saturated heterocycles. The summed E-state index contributed by atoms with van der Waals surface area (Å²) in [4.78, 5) is 25.5. The van der Waals surface area contributed by atoms with Crippen molar-refractivity contribution >= 4 is 27.5 Å². The lowest BCUT2D eigenvalue weighted by Gasteiger charge is -2.33. The van der Waals surface area contributed by atoms with Crippen LogP contribution in [-0.4, -0.2) is 20.9 Å². The third-order valence-electron chi connectivity index (χ3n) is 4.47. The molecule has 22 heavy (non-hydrogen) atoms. The van der Waals surface area contributed by atoms with Gasteiger partial charge < -0.3 is 5.73 Å². The van der Waals surface area contributed by atoms with Gasteiger partial charge in [-0.15, -0.1) is 16.4 Å². The molecule has 1 atom stereocenters. The van der Waals surface area contributed by atoms with Crippen LogP contribution in [-0.2, 0) is 24.2 Å². The fourth-order valence-electron chi connectivity index (χ4n) is 3.12. The topological polar surface area (TPSA) is 90.9 Å². The first-order chi connectivity index (χ1) is 10.3. The maximum absolute atomic E-state index is 12.5. The largest absolute Gasteiger partial charge is 0.368 e. The predicted octanol–water partition coefficient (Wildman–Crippen LogP) is 1.49. The van der Waals surface area contributed by atoms with Crippen molar-refractivity contribution in [2.24, 2.45) is 17.1 Å². The van der Waals surface area contributed by atoms with Gasteiger partial charge in [-0.1, -0.05) is 26.0 Å². The molecule has 3 rings (SSSR count). The molecule has 0 unspecified atom stereocenters. The molecule has 0 bridgehead atoms. The minimum atomic E-state index is -0.590. The molecule has 0 spiro atoms. The average molecular weight is 320 g/mol. The van der Waals surface area contributed by atoms with Gasteiger partial charge in [-0.25, -0.2) is 4.68 Å². The standard InChI is InChI=1S/C15H20N4O2S/c1-15(2,3)8-4-5-9-10(6-8)22-13-12(9)14(21)19(18-17-13)7-11(16)20/h8H,4-7H2,1-3H3,(H2,16,20)/t8-/m1/s1. The summed E-state index contributed by atoms with van der Waals surface area (Å²) in [7, 11) is 0. The average Bonchev–Trinajstić information content (AvgIpc) is 2.78. The van der Waals surface area contributed by atoms with Gasteiger partial charge in [0.1, 0.15) is 6.54 Å². The number of hydrogen-bond donors (Lipinski definition) is 1. The SMILES string of the molecule is CC(C)(C)[C@@H]1CCc2c(sc3nnn(CC(N)=O)c(=O)c23)C1. The molecule has 118 valence electrons. The van der Waals surface area contributed by atoms with Crippen molar-refractivity contribution in [2.75, 3.05) is 0 Å². The third kappa shape index (κ3) is 2.54. The second kappa shape index (κ2) is 5.15. The van der Waals surface area contributed by atoms with Gasteiger partial charge in [0.2, 0.25) is 5.91 Å². The molecule has 1 amide bonds. The summed E-state index contributed by atoms with van der Waals surface area (Å²) in [6, 6.07) is 0. The highest BCUT2D eigenvalue weighted by Crippen LogP contribution is 2.41. The summed E-state index contributed by atoms with van der Waals surface area (Å²) in [5.74, 6) is 0.0153. The number of aromatic nitrogens is 3. The Morgan fingerprint density at radius 1 is 1.45 bits per heavy atom. The molecule has 6 nitrogen and oxygen atoms in total. The molecular formula is C15H20N4O2S. The minimum absolute atomic E-state index is 0.225. The van der Waals surface area contributed by atoms with Crippen LogP contribution >= 0.6 is 11.3 Å². The molecule has 0 aromatic carbocycles. The highest BCUT2D eigenvalue weighted by Gasteiger charge is 2.31. The number of fused-ring (bicyclic) bond motifs is 3. The molecule has 7 heteroatoms. The van der Waals surface area contributed by atoms with Crippen molar-refractivity contribution in [2.45, 2.75) is 46.6 Å². The van der Waals surface area contributed by atoms with E-state index in [0.29, 0.717) is 16.1 Å². The number of nitrogens with two attached hydrogens (primary N) is 1. The third-order valence-corrected chi connectivity index (χ3v) is 5.61. The van der Waals surface area contributed by atoms with Crippen LogP contribution in [0, 0.1) is 11.3 Å². The monoisotopic (exact) mass is 320 g/mol. The Kier molecular flexibility index (Phi) is 3.55. The van der Waals surface area contributed by atoms with E-state index in [2.05, 4.69) is 31.1 Å². The van der Waals surface area contributed by atoms with Gasteiger partial charge in [-0.05, 0) is 36.2 Å². The van der Waals surface area contributed by atoms with Gasteiger partial charge in [0.15, 0.2) is 4.83 Å². The lowest BCUT2D eigenvalue weighted by molar-refractivity contribution is -0.118. The maximum atomic E-state index is 12.5. The first kappa shape index (κ1) is 15.1. The van der Waals surface area contributed by atoms with E-state index < -0.39 is 5.91 Å². The summed E-state index contributed by atoms with van der Waals surface area (Å²) in [6.45, 7) is 6.55. The molecule has 2 aromatic heterocycles. The number of aryl methyl sites for hydroxylation is 1. The van der Waals surface area contributed by atoms with Crippen LogP contribution in [0.5, 0.6) is 0 Å². The van der Waals surface area contributed by atoms with Crippen molar-refractivity contribution < 1.29 is 4.79 Å². The molecule has 1 aliphatic rings. The van der Waals surface area contributed by atoms with E-state index in [-0.39, 0.29) is 17.5 Å². The number of rotatable bonds is 2. The van der Waals surface area contributed by atoms with E-state index in [0.717, 1.165) is 29.5 Å². The van der Waals surface area contributed by atoms with E-state index in [1.54, 1.807) is 11.3 Å². The first-order valence-electron chi connectivity index (χ1n) is 7.43. The molecular weight excluding hydrogens is 300 g/mol. The zero-order valence-electron chi connectivity index (χ0n) is 13.0. The summed E-state index contributed by atoms with van der Waals surface area (Å²) in [6.07, 6.45) is 2.93.